The molecule has 2 rings (SSSR count). The van der Waals surface area contributed by atoms with Crippen LogP contribution in [0.15, 0.2) is 12.1 Å². The van der Waals surface area contributed by atoms with Gasteiger partial charge >= 0.3 is 0 Å². The van der Waals surface area contributed by atoms with Crippen LogP contribution in [0.25, 0.3) is 0 Å². The summed E-state index contributed by atoms with van der Waals surface area (Å²) in [7, 11) is 0. The Bertz CT molecular complexity index is 489. The molecule has 0 aliphatic heterocycles. The van der Waals surface area contributed by atoms with E-state index in [4.69, 9.17) is 5.84 Å². The van der Waals surface area contributed by atoms with Crippen LogP contribution in [0.4, 0.5) is 17.3 Å². The van der Waals surface area contributed by atoms with Crippen molar-refractivity contribution in [2.75, 3.05) is 10.7 Å². The molecule has 1 aliphatic rings. The number of nitrogens with two attached hydrogens (primary N) is 1. The minimum atomic E-state index is -0.452. The van der Waals surface area contributed by atoms with Crippen LogP contribution in [-0.2, 0) is 0 Å². The van der Waals surface area contributed by atoms with Crippen LogP contribution in [0.5, 0.6) is 0 Å². The summed E-state index contributed by atoms with van der Waals surface area (Å²) in [5.41, 5.74) is 2.64. The molecule has 7 nitrogen and oxygen atoms in total. The number of nitrogens with zero attached hydrogens (tertiary/aromatic N) is 2. The number of aromatic nitrogens is 1. The lowest BCUT2D eigenvalue weighted by atomic mass is 9.92. The lowest BCUT2D eigenvalue weighted by molar-refractivity contribution is -0.384. The summed E-state index contributed by atoms with van der Waals surface area (Å²) in [5.74, 6) is 6.05. The van der Waals surface area contributed by atoms with Gasteiger partial charge in [0.2, 0.25) is 0 Å². The average molecular weight is 265 g/mol. The van der Waals surface area contributed by atoms with Crippen LogP contribution >= 0.6 is 0 Å². The van der Waals surface area contributed by atoms with Crippen LogP contribution in [0.2, 0.25) is 0 Å². The van der Waals surface area contributed by atoms with E-state index in [1.54, 1.807) is 0 Å². The van der Waals surface area contributed by atoms with E-state index in [2.05, 4.69) is 29.6 Å². The van der Waals surface area contributed by atoms with Gasteiger partial charge in [-0.05, 0) is 24.7 Å². The van der Waals surface area contributed by atoms with Gasteiger partial charge in [0.1, 0.15) is 11.6 Å². The van der Waals surface area contributed by atoms with Crippen LogP contribution in [-0.4, -0.2) is 15.9 Å². The van der Waals surface area contributed by atoms with Gasteiger partial charge in [-0.25, -0.2) is 10.8 Å². The number of pyridine rings is 1. The molecule has 1 unspecified atom stereocenters. The summed E-state index contributed by atoms with van der Waals surface area (Å²) < 4.78 is 0. The highest BCUT2D eigenvalue weighted by atomic mass is 16.6. The Balaban J connectivity index is 2.16. The molecule has 1 heterocycles. The third-order valence-electron chi connectivity index (χ3n) is 3.49. The first-order valence-electron chi connectivity index (χ1n) is 6.29. The van der Waals surface area contributed by atoms with Crippen molar-refractivity contribution in [3.63, 3.8) is 0 Å². The van der Waals surface area contributed by atoms with E-state index in [1.165, 1.54) is 12.1 Å². The summed E-state index contributed by atoms with van der Waals surface area (Å²) in [6.45, 7) is 4.45. The van der Waals surface area contributed by atoms with Crippen LogP contribution in [0.3, 0.4) is 0 Å². The van der Waals surface area contributed by atoms with E-state index in [-0.39, 0.29) is 11.5 Å². The van der Waals surface area contributed by atoms with Crippen molar-refractivity contribution in [2.24, 2.45) is 11.3 Å². The summed E-state index contributed by atoms with van der Waals surface area (Å²) in [4.78, 5) is 14.6. The van der Waals surface area contributed by atoms with Gasteiger partial charge in [-0.2, -0.15) is 0 Å². The van der Waals surface area contributed by atoms with Crippen molar-refractivity contribution in [1.29, 1.82) is 0 Å². The van der Waals surface area contributed by atoms with Crippen LogP contribution < -0.4 is 16.6 Å². The van der Waals surface area contributed by atoms with Crippen molar-refractivity contribution < 1.29 is 4.92 Å². The predicted molar refractivity (Wildman–Crippen MR) is 73.7 cm³/mol. The highest BCUT2D eigenvalue weighted by Crippen LogP contribution is 2.38. The molecule has 0 amide bonds. The second kappa shape index (κ2) is 5.00. The fourth-order valence-corrected chi connectivity index (χ4v) is 2.54. The number of anilines is 2. The molecule has 0 saturated heterocycles. The third-order valence-corrected chi connectivity index (χ3v) is 3.49. The molecule has 1 aromatic rings. The molecule has 1 fully saturated rings. The molecule has 1 saturated carbocycles. The van der Waals surface area contributed by atoms with Gasteiger partial charge in [-0.15, -0.1) is 0 Å². The van der Waals surface area contributed by atoms with Gasteiger partial charge in [0.25, 0.3) is 5.69 Å². The van der Waals surface area contributed by atoms with Crippen LogP contribution in [0.1, 0.15) is 33.1 Å². The molecule has 7 heteroatoms. The molecule has 1 atom stereocenters. The van der Waals surface area contributed by atoms with E-state index in [0.717, 1.165) is 19.3 Å². The highest BCUT2D eigenvalue weighted by Gasteiger charge is 2.31. The lowest BCUT2D eigenvalue weighted by Gasteiger charge is -2.18. The number of hydrazine groups is 1. The van der Waals surface area contributed by atoms with Crippen LogP contribution in [0, 0.1) is 15.5 Å². The smallest absolute Gasteiger partial charge is 0.276 e. The zero-order chi connectivity index (χ0) is 14.0. The maximum Gasteiger partial charge on any atom is 0.276 e. The molecule has 1 aromatic heterocycles. The average Bonchev–Trinajstić information content (AvgIpc) is 2.68. The maximum absolute atomic E-state index is 10.8. The zero-order valence-electron chi connectivity index (χ0n) is 11.1. The van der Waals surface area contributed by atoms with Gasteiger partial charge in [0.05, 0.1) is 17.1 Å². The van der Waals surface area contributed by atoms with E-state index >= 15 is 0 Å². The number of nitro groups is 1. The van der Waals surface area contributed by atoms with E-state index in [0.29, 0.717) is 17.3 Å². The highest BCUT2D eigenvalue weighted by molar-refractivity contribution is 5.54. The summed E-state index contributed by atoms with van der Waals surface area (Å²) in [5, 5.41) is 14.1. The van der Waals surface area contributed by atoms with E-state index in [1.807, 2.05) is 0 Å². The molecule has 0 radical (unpaired) electrons. The molecule has 1 aliphatic carbocycles. The number of nitrogen functional groups attached to an aromatic ring is 1. The van der Waals surface area contributed by atoms with E-state index < -0.39 is 4.92 Å². The van der Waals surface area contributed by atoms with E-state index in [9.17, 15) is 10.1 Å². The first kappa shape index (κ1) is 13.5. The fraction of sp³-hybridized carbons (Fsp3) is 0.583. The fourth-order valence-electron chi connectivity index (χ4n) is 2.54. The van der Waals surface area contributed by atoms with Crippen molar-refractivity contribution in [3.8, 4) is 0 Å². The van der Waals surface area contributed by atoms with Crippen molar-refractivity contribution >= 4 is 17.3 Å². The lowest BCUT2D eigenvalue weighted by Crippen LogP contribution is -2.19. The summed E-state index contributed by atoms with van der Waals surface area (Å²) in [6, 6.07) is 3.05. The number of hydrogen-bond acceptors (Lipinski definition) is 6. The number of nitrogens with one attached hydrogen (secondary N) is 2. The Morgan fingerprint density at radius 2 is 2.16 bits per heavy atom. The minimum absolute atomic E-state index is 0.0253. The van der Waals surface area contributed by atoms with Gasteiger partial charge in [-0.3, -0.25) is 10.1 Å². The first-order valence-corrected chi connectivity index (χ1v) is 6.29. The van der Waals surface area contributed by atoms with Gasteiger partial charge < -0.3 is 10.7 Å². The quantitative estimate of drug-likeness (QED) is 0.438. The Kier molecular flexibility index (Phi) is 3.57. The van der Waals surface area contributed by atoms with Gasteiger partial charge in [0, 0.05) is 6.04 Å². The van der Waals surface area contributed by atoms with Gasteiger partial charge in [-0.1, -0.05) is 13.8 Å². The number of hydrogen-bond donors (Lipinski definition) is 3. The third kappa shape index (κ3) is 3.31. The molecule has 0 spiro atoms. The molecule has 104 valence electrons. The Hall–Kier alpha value is -1.89. The maximum atomic E-state index is 10.8. The SMILES string of the molecule is CC1(C)CCC(Nc2cc([N+](=O)[O-])cc(NN)n2)C1. The molecular weight excluding hydrogens is 246 g/mol. The Labute approximate surface area is 111 Å². The second-order valence-corrected chi connectivity index (χ2v) is 5.75. The Morgan fingerprint density at radius 3 is 2.68 bits per heavy atom. The monoisotopic (exact) mass is 265 g/mol. The second-order valence-electron chi connectivity index (χ2n) is 5.75. The largest absolute Gasteiger partial charge is 0.367 e. The van der Waals surface area contributed by atoms with Crippen molar-refractivity contribution in [3.05, 3.63) is 22.2 Å². The molecule has 0 bridgehead atoms. The Morgan fingerprint density at radius 1 is 1.47 bits per heavy atom. The normalized spacial score (nSPS) is 21.1. The standard InChI is InChI=1S/C12H19N5O2/c1-12(2)4-3-8(7-12)14-10-5-9(17(18)19)6-11(15-10)16-13/h5-6,8H,3-4,7,13H2,1-2H3,(H2,14,15,16). The van der Waals surface area contributed by atoms with Crippen molar-refractivity contribution in [2.45, 2.75) is 39.2 Å². The molecule has 4 N–H and O–H groups in total. The zero-order valence-corrected chi connectivity index (χ0v) is 11.1. The topological polar surface area (TPSA) is 106 Å². The predicted octanol–water partition coefficient (Wildman–Crippen LogP) is 2.27. The minimum Gasteiger partial charge on any atom is -0.367 e. The first-order chi connectivity index (χ1) is 8.89. The summed E-state index contributed by atoms with van der Waals surface area (Å²) >= 11 is 0. The molecule has 19 heavy (non-hydrogen) atoms. The molecule has 0 aromatic carbocycles. The number of rotatable bonds is 4. The summed E-state index contributed by atoms with van der Waals surface area (Å²) in [6.07, 6.45) is 3.22. The molecular formula is C12H19N5O2. The van der Waals surface area contributed by atoms with Gasteiger partial charge in [0.15, 0.2) is 0 Å². The van der Waals surface area contributed by atoms with Crippen molar-refractivity contribution in [1.82, 2.24) is 4.98 Å².